The van der Waals surface area contributed by atoms with Crippen molar-refractivity contribution in [1.82, 2.24) is 5.43 Å². The molecule has 3 aromatic carbocycles. The number of carbonyl (C=O) groups is 1. The zero-order chi connectivity index (χ0) is 20.5. The van der Waals surface area contributed by atoms with Gasteiger partial charge in [-0.3, -0.25) is 4.79 Å². The topological polar surface area (TPSA) is 59.9 Å². The Bertz CT molecular complexity index is 959. The van der Waals surface area contributed by atoms with E-state index in [-0.39, 0.29) is 5.91 Å². The standard InChI is InChI=1S/C23H21ClN2O3/c1-17(29-21-12-10-20(24)11-13-21)23(27)26-25-15-19-8-5-9-22(14-19)28-16-18-6-3-2-4-7-18/h2-15,17H,16H2,1H3,(H,26,27)/b25-15-/t17-/m0/s1. The largest absolute Gasteiger partial charge is 0.489 e. The second kappa shape index (κ2) is 10.3. The van der Waals surface area contributed by atoms with Gasteiger partial charge < -0.3 is 9.47 Å². The molecule has 0 unspecified atom stereocenters. The van der Waals surface area contributed by atoms with Gasteiger partial charge in [-0.15, -0.1) is 0 Å². The number of hydrogen-bond donors (Lipinski definition) is 1. The van der Waals surface area contributed by atoms with Gasteiger partial charge in [0, 0.05) is 5.02 Å². The molecule has 6 heteroatoms. The molecule has 1 atom stereocenters. The molecule has 0 saturated heterocycles. The van der Waals surface area contributed by atoms with Gasteiger partial charge in [0.15, 0.2) is 6.10 Å². The lowest BCUT2D eigenvalue weighted by Crippen LogP contribution is -2.33. The highest BCUT2D eigenvalue weighted by Gasteiger charge is 2.13. The van der Waals surface area contributed by atoms with Gasteiger partial charge in [-0.05, 0) is 54.4 Å². The lowest BCUT2D eigenvalue weighted by molar-refractivity contribution is -0.127. The molecule has 3 aromatic rings. The third-order valence-electron chi connectivity index (χ3n) is 3.99. The van der Waals surface area contributed by atoms with E-state index in [1.54, 1.807) is 37.4 Å². The van der Waals surface area contributed by atoms with Gasteiger partial charge in [-0.25, -0.2) is 5.43 Å². The average Bonchev–Trinajstić information content (AvgIpc) is 2.75. The Morgan fingerprint density at radius 1 is 1.03 bits per heavy atom. The first-order valence-electron chi connectivity index (χ1n) is 9.12. The Balaban J connectivity index is 1.50. The highest BCUT2D eigenvalue weighted by Crippen LogP contribution is 2.17. The van der Waals surface area contributed by atoms with Crippen LogP contribution in [0.4, 0.5) is 0 Å². The first-order chi connectivity index (χ1) is 14.1. The predicted octanol–water partition coefficient (Wildman–Crippen LogP) is 4.84. The number of hydrogen-bond acceptors (Lipinski definition) is 4. The quantitative estimate of drug-likeness (QED) is 0.428. The number of nitrogens with zero attached hydrogens (tertiary/aromatic N) is 1. The van der Waals surface area contributed by atoms with Crippen LogP contribution in [0.2, 0.25) is 5.02 Å². The molecule has 1 amide bonds. The maximum absolute atomic E-state index is 12.1. The first-order valence-corrected chi connectivity index (χ1v) is 9.50. The highest BCUT2D eigenvalue weighted by atomic mass is 35.5. The number of benzene rings is 3. The summed E-state index contributed by atoms with van der Waals surface area (Å²) < 4.78 is 11.4. The molecular weight excluding hydrogens is 388 g/mol. The molecule has 1 N–H and O–H groups in total. The van der Waals surface area contributed by atoms with Crippen LogP contribution in [-0.2, 0) is 11.4 Å². The van der Waals surface area contributed by atoms with Crippen molar-refractivity contribution >= 4 is 23.7 Å². The molecule has 0 heterocycles. The number of carbonyl (C=O) groups excluding carboxylic acids is 1. The van der Waals surface area contributed by atoms with E-state index in [4.69, 9.17) is 21.1 Å². The summed E-state index contributed by atoms with van der Waals surface area (Å²) in [4.78, 5) is 12.1. The molecule has 29 heavy (non-hydrogen) atoms. The zero-order valence-electron chi connectivity index (χ0n) is 15.9. The molecule has 0 saturated carbocycles. The fourth-order valence-electron chi connectivity index (χ4n) is 2.46. The van der Waals surface area contributed by atoms with Gasteiger partial charge in [-0.1, -0.05) is 54.1 Å². The number of ether oxygens (including phenoxy) is 2. The third-order valence-corrected chi connectivity index (χ3v) is 4.24. The Hall–Kier alpha value is -3.31. The summed E-state index contributed by atoms with van der Waals surface area (Å²) in [5, 5.41) is 4.60. The predicted molar refractivity (Wildman–Crippen MR) is 114 cm³/mol. The molecule has 0 aromatic heterocycles. The van der Waals surface area contributed by atoms with Crippen LogP contribution in [0.1, 0.15) is 18.1 Å². The van der Waals surface area contributed by atoms with Gasteiger partial charge in [-0.2, -0.15) is 5.10 Å². The van der Waals surface area contributed by atoms with E-state index in [1.165, 1.54) is 0 Å². The van der Waals surface area contributed by atoms with E-state index in [0.717, 1.165) is 16.9 Å². The van der Waals surface area contributed by atoms with Crippen molar-refractivity contribution in [3.63, 3.8) is 0 Å². The minimum Gasteiger partial charge on any atom is -0.489 e. The number of amides is 1. The Kier molecular flexibility index (Phi) is 7.25. The fraction of sp³-hybridized carbons (Fsp3) is 0.130. The van der Waals surface area contributed by atoms with Crippen LogP contribution in [0.5, 0.6) is 11.5 Å². The molecule has 0 aliphatic heterocycles. The van der Waals surface area contributed by atoms with Crippen LogP contribution < -0.4 is 14.9 Å². The Morgan fingerprint density at radius 3 is 2.55 bits per heavy atom. The molecule has 0 aliphatic rings. The normalized spacial score (nSPS) is 11.8. The average molecular weight is 409 g/mol. The lowest BCUT2D eigenvalue weighted by Gasteiger charge is -2.12. The lowest BCUT2D eigenvalue weighted by atomic mass is 10.2. The van der Waals surface area contributed by atoms with Crippen molar-refractivity contribution < 1.29 is 14.3 Å². The first kappa shape index (κ1) is 20.4. The number of hydrazone groups is 1. The van der Waals surface area contributed by atoms with E-state index in [0.29, 0.717) is 17.4 Å². The van der Waals surface area contributed by atoms with Crippen molar-refractivity contribution in [1.29, 1.82) is 0 Å². The van der Waals surface area contributed by atoms with Crippen molar-refractivity contribution in [2.45, 2.75) is 19.6 Å². The highest BCUT2D eigenvalue weighted by molar-refractivity contribution is 6.30. The molecule has 3 rings (SSSR count). The van der Waals surface area contributed by atoms with Gasteiger partial charge in [0.1, 0.15) is 18.1 Å². The maximum atomic E-state index is 12.1. The van der Waals surface area contributed by atoms with Gasteiger partial charge in [0.2, 0.25) is 0 Å². The van der Waals surface area contributed by atoms with E-state index < -0.39 is 6.10 Å². The van der Waals surface area contributed by atoms with Crippen LogP contribution >= 0.6 is 11.6 Å². The summed E-state index contributed by atoms with van der Waals surface area (Å²) in [6.45, 7) is 2.13. The van der Waals surface area contributed by atoms with Gasteiger partial charge in [0.25, 0.3) is 5.91 Å². The fourth-order valence-corrected chi connectivity index (χ4v) is 2.58. The molecule has 0 radical (unpaired) electrons. The van der Waals surface area contributed by atoms with Crippen LogP contribution in [0, 0.1) is 0 Å². The van der Waals surface area contributed by atoms with E-state index in [9.17, 15) is 4.79 Å². The number of rotatable bonds is 8. The molecular formula is C23H21ClN2O3. The number of halogens is 1. The van der Waals surface area contributed by atoms with Crippen molar-refractivity contribution in [3.05, 3.63) is 95.0 Å². The Morgan fingerprint density at radius 2 is 1.79 bits per heavy atom. The Labute approximate surface area is 174 Å². The van der Waals surface area contributed by atoms with Crippen molar-refractivity contribution in [2.75, 3.05) is 0 Å². The van der Waals surface area contributed by atoms with Crippen LogP contribution in [0.15, 0.2) is 84.0 Å². The van der Waals surface area contributed by atoms with Gasteiger partial charge in [0.05, 0.1) is 6.21 Å². The summed E-state index contributed by atoms with van der Waals surface area (Å²) in [7, 11) is 0. The monoisotopic (exact) mass is 408 g/mol. The van der Waals surface area contributed by atoms with Crippen molar-refractivity contribution in [2.24, 2.45) is 5.10 Å². The second-order valence-electron chi connectivity index (χ2n) is 6.30. The smallest absolute Gasteiger partial charge is 0.280 e. The molecule has 0 bridgehead atoms. The second-order valence-corrected chi connectivity index (χ2v) is 6.73. The van der Waals surface area contributed by atoms with Crippen LogP contribution in [-0.4, -0.2) is 18.2 Å². The van der Waals surface area contributed by atoms with E-state index in [2.05, 4.69) is 10.5 Å². The number of nitrogens with one attached hydrogen (secondary N) is 1. The minimum absolute atomic E-state index is 0.354. The molecule has 148 valence electrons. The van der Waals surface area contributed by atoms with Gasteiger partial charge >= 0.3 is 0 Å². The SMILES string of the molecule is C[C@H](Oc1ccc(Cl)cc1)C(=O)N/N=C\c1cccc(OCc2ccccc2)c1. The van der Waals surface area contributed by atoms with E-state index in [1.807, 2.05) is 54.6 Å². The summed E-state index contributed by atoms with van der Waals surface area (Å²) in [5.74, 6) is 0.931. The van der Waals surface area contributed by atoms with E-state index >= 15 is 0 Å². The molecule has 0 spiro atoms. The minimum atomic E-state index is -0.700. The molecule has 0 fully saturated rings. The summed E-state index contributed by atoms with van der Waals surface area (Å²) >= 11 is 5.84. The van der Waals surface area contributed by atoms with Crippen LogP contribution in [0.3, 0.4) is 0 Å². The van der Waals surface area contributed by atoms with Crippen molar-refractivity contribution in [3.8, 4) is 11.5 Å². The maximum Gasteiger partial charge on any atom is 0.280 e. The summed E-state index contributed by atoms with van der Waals surface area (Å²) in [6.07, 6.45) is 0.858. The third kappa shape index (κ3) is 6.66. The molecule has 5 nitrogen and oxygen atoms in total. The zero-order valence-corrected chi connectivity index (χ0v) is 16.7. The summed E-state index contributed by atoms with van der Waals surface area (Å²) in [5.41, 5.74) is 4.38. The van der Waals surface area contributed by atoms with Crippen LogP contribution in [0.25, 0.3) is 0 Å². The summed E-state index contributed by atoms with van der Waals surface area (Å²) in [6, 6.07) is 24.2. The molecule has 0 aliphatic carbocycles.